The molecule has 0 bridgehead atoms. The summed E-state index contributed by atoms with van der Waals surface area (Å²) in [5.74, 6) is 1.11. The number of amides is 2. The predicted molar refractivity (Wildman–Crippen MR) is 105 cm³/mol. The molecule has 0 aliphatic carbocycles. The molecular weight excluding hydrogens is 374 g/mol. The van der Waals surface area contributed by atoms with Gasteiger partial charge in [0.05, 0.1) is 19.3 Å². The zero-order chi connectivity index (χ0) is 20.3. The number of anilines is 1. The topological polar surface area (TPSA) is 85.1 Å². The van der Waals surface area contributed by atoms with Crippen molar-refractivity contribution < 1.29 is 23.6 Å². The molecule has 0 N–H and O–H groups in total. The zero-order valence-electron chi connectivity index (χ0n) is 16.5. The Morgan fingerprint density at radius 1 is 1.24 bits per heavy atom. The lowest BCUT2D eigenvalue weighted by Crippen LogP contribution is -2.59. The van der Waals surface area contributed by atoms with E-state index in [2.05, 4.69) is 5.16 Å². The second-order valence-corrected chi connectivity index (χ2v) is 7.50. The largest absolute Gasteiger partial charge is 0.479 e. The first-order valence-electron chi connectivity index (χ1n) is 9.85. The van der Waals surface area contributed by atoms with Crippen molar-refractivity contribution in [2.75, 3.05) is 38.3 Å². The van der Waals surface area contributed by atoms with E-state index in [4.69, 9.17) is 14.0 Å². The minimum Gasteiger partial charge on any atom is -0.479 e. The first-order valence-corrected chi connectivity index (χ1v) is 9.85. The fourth-order valence-corrected chi connectivity index (χ4v) is 3.92. The van der Waals surface area contributed by atoms with E-state index < -0.39 is 5.60 Å². The van der Waals surface area contributed by atoms with Gasteiger partial charge in [-0.1, -0.05) is 18.2 Å². The van der Waals surface area contributed by atoms with Crippen LogP contribution in [0.5, 0.6) is 5.88 Å². The van der Waals surface area contributed by atoms with E-state index in [0.29, 0.717) is 57.0 Å². The number of rotatable bonds is 5. The molecule has 1 spiro atoms. The van der Waals surface area contributed by atoms with Crippen LogP contribution in [0, 0.1) is 0 Å². The first kappa shape index (κ1) is 19.4. The van der Waals surface area contributed by atoms with Crippen LogP contribution in [-0.2, 0) is 20.7 Å². The molecule has 8 nitrogen and oxygen atoms in total. The number of carbonyl (C=O) groups excluding carboxylic acids is 2. The zero-order valence-corrected chi connectivity index (χ0v) is 16.5. The maximum absolute atomic E-state index is 12.6. The van der Waals surface area contributed by atoms with Crippen LogP contribution < -0.4 is 9.64 Å². The second kappa shape index (κ2) is 8.24. The number of benzene rings is 1. The van der Waals surface area contributed by atoms with Gasteiger partial charge in [0.15, 0.2) is 0 Å². The Kier molecular flexibility index (Phi) is 5.53. The Morgan fingerprint density at radius 3 is 2.69 bits per heavy atom. The minimum absolute atomic E-state index is 0.0252. The lowest BCUT2D eigenvalue weighted by atomic mass is 9.88. The fourth-order valence-electron chi connectivity index (χ4n) is 3.92. The first-order chi connectivity index (χ1) is 14.1. The van der Waals surface area contributed by atoms with E-state index in [1.54, 1.807) is 11.0 Å². The summed E-state index contributed by atoms with van der Waals surface area (Å²) < 4.78 is 16.1. The molecule has 0 unspecified atom stereocenters. The van der Waals surface area contributed by atoms with Crippen molar-refractivity contribution in [3.8, 4) is 5.88 Å². The van der Waals surface area contributed by atoms with Gasteiger partial charge in [-0.2, -0.15) is 0 Å². The number of likely N-dealkylation sites (tertiary alicyclic amines) is 1. The van der Waals surface area contributed by atoms with Crippen LogP contribution in [0.25, 0.3) is 0 Å². The number of piperidine rings is 1. The highest BCUT2D eigenvalue weighted by atomic mass is 16.5. The van der Waals surface area contributed by atoms with E-state index in [1.165, 1.54) is 7.11 Å². The lowest BCUT2D eigenvalue weighted by Gasteiger charge is -2.47. The number of hydrogen-bond donors (Lipinski definition) is 0. The van der Waals surface area contributed by atoms with Gasteiger partial charge in [-0.15, -0.1) is 0 Å². The third kappa shape index (κ3) is 4.27. The highest BCUT2D eigenvalue weighted by Gasteiger charge is 2.43. The van der Waals surface area contributed by atoms with Gasteiger partial charge in [-0.05, 0) is 30.1 Å². The Balaban J connectivity index is 1.32. The maximum Gasteiger partial charge on any atom is 0.254 e. The highest BCUT2D eigenvalue weighted by Crippen LogP contribution is 2.33. The third-order valence-electron chi connectivity index (χ3n) is 5.68. The van der Waals surface area contributed by atoms with Crippen LogP contribution in [0.4, 0.5) is 5.69 Å². The number of nitrogens with zero attached hydrogens (tertiary/aromatic N) is 3. The van der Waals surface area contributed by atoms with Gasteiger partial charge >= 0.3 is 0 Å². The molecule has 0 atom stereocenters. The van der Waals surface area contributed by atoms with Crippen molar-refractivity contribution in [3.63, 3.8) is 0 Å². The van der Waals surface area contributed by atoms with Gasteiger partial charge in [-0.3, -0.25) is 9.59 Å². The molecule has 3 heterocycles. The molecule has 2 aromatic rings. The van der Waals surface area contributed by atoms with Crippen molar-refractivity contribution in [3.05, 3.63) is 42.2 Å². The molecule has 0 saturated carbocycles. The molecule has 2 aliphatic heterocycles. The van der Waals surface area contributed by atoms with E-state index in [-0.39, 0.29) is 18.4 Å². The number of aromatic nitrogens is 1. The summed E-state index contributed by atoms with van der Waals surface area (Å²) in [6.07, 6.45) is 2.28. The van der Waals surface area contributed by atoms with E-state index in [1.807, 2.05) is 35.2 Å². The van der Waals surface area contributed by atoms with Crippen LogP contribution in [0.15, 0.2) is 40.9 Å². The summed E-state index contributed by atoms with van der Waals surface area (Å²) >= 11 is 0. The normalized spacial score (nSPS) is 18.9. The average Bonchev–Trinajstić information content (AvgIpc) is 3.23. The molecule has 2 saturated heterocycles. The number of hydrogen-bond acceptors (Lipinski definition) is 6. The number of morpholine rings is 1. The molecule has 0 radical (unpaired) electrons. The summed E-state index contributed by atoms with van der Waals surface area (Å²) in [7, 11) is 1.52. The Morgan fingerprint density at radius 2 is 2.00 bits per heavy atom. The van der Waals surface area contributed by atoms with Crippen molar-refractivity contribution in [2.24, 2.45) is 0 Å². The number of methoxy groups -OCH3 is 1. The number of para-hydroxylation sites is 1. The SMILES string of the molecule is COc1cc(CCC(=O)N2CCC3(CC2)CN(c2ccccc2)C(=O)CO3)on1. The van der Waals surface area contributed by atoms with Gasteiger partial charge in [0.2, 0.25) is 5.91 Å². The summed E-state index contributed by atoms with van der Waals surface area (Å²) in [6.45, 7) is 1.84. The molecule has 4 rings (SSSR count). The van der Waals surface area contributed by atoms with Gasteiger partial charge in [0, 0.05) is 37.7 Å². The van der Waals surface area contributed by atoms with Gasteiger partial charge in [0.1, 0.15) is 12.4 Å². The number of aryl methyl sites for hydroxylation is 1. The van der Waals surface area contributed by atoms with E-state index in [0.717, 1.165) is 5.69 Å². The molecule has 2 aliphatic rings. The Bertz CT molecular complexity index is 858. The number of carbonyl (C=O) groups is 2. The highest BCUT2D eigenvalue weighted by molar-refractivity contribution is 5.95. The molecule has 8 heteroatoms. The molecule has 154 valence electrons. The van der Waals surface area contributed by atoms with Crippen LogP contribution in [0.2, 0.25) is 0 Å². The monoisotopic (exact) mass is 399 g/mol. The summed E-state index contributed by atoms with van der Waals surface area (Å²) in [5, 5.41) is 3.75. The lowest BCUT2D eigenvalue weighted by molar-refractivity contribution is -0.150. The Labute approximate surface area is 169 Å². The fraction of sp³-hybridized carbons (Fsp3) is 0.476. The average molecular weight is 399 g/mol. The van der Waals surface area contributed by atoms with Crippen LogP contribution in [-0.4, -0.2) is 60.8 Å². The predicted octanol–water partition coefficient (Wildman–Crippen LogP) is 2.04. The molecule has 2 fully saturated rings. The van der Waals surface area contributed by atoms with Crippen molar-refractivity contribution in [2.45, 2.75) is 31.3 Å². The minimum atomic E-state index is -0.390. The number of ether oxygens (including phenoxy) is 2. The van der Waals surface area contributed by atoms with E-state index in [9.17, 15) is 9.59 Å². The van der Waals surface area contributed by atoms with Gasteiger partial charge < -0.3 is 23.8 Å². The van der Waals surface area contributed by atoms with Crippen molar-refractivity contribution >= 4 is 17.5 Å². The molecular formula is C21H25N3O5. The Hall–Kier alpha value is -2.87. The second-order valence-electron chi connectivity index (χ2n) is 7.50. The summed E-state index contributed by atoms with van der Waals surface area (Å²) in [6, 6.07) is 11.4. The van der Waals surface area contributed by atoms with Crippen molar-refractivity contribution in [1.29, 1.82) is 0 Å². The van der Waals surface area contributed by atoms with E-state index >= 15 is 0 Å². The van der Waals surface area contributed by atoms with Crippen LogP contribution in [0.3, 0.4) is 0 Å². The molecule has 2 amide bonds. The molecule has 29 heavy (non-hydrogen) atoms. The summed E-state index contributed by atoms with van der Waals surface area (Å²) in [4.78, 5) is 28.6. The van der Waals surface area contributed by atoms with Crippen LogP contribution >= 0.6 is 0 Å². The smallest absolute Gasteiger partial charge is 0.254 e. The van der Waals surface area contributed by atoms with Gasteiger partial charge in [-0.25, -0.2) is 0 Å². The molecule has 1 aromatic carbocycles. The molecule has 1 aromatic heterocycles. The summed E-state index contributed by atoms with van der Waals surface area (Å²) in [5.41, 5.74) is 0.500. The van der Waals surface area contributed by atoms with Crippen molar-refractivity contribution in [1.82, 2.24) is 10.1 Å². The quantitative estimate of drug-likeness (QED) is 0.765. The third-order valence-corrected chi connectivity index (χ3v) is 5.68. The van der Waals surface area contributed by atoms with Crippen LogP contribution in [0.1, 0.15) is 25.0 Å². The standard InChI is InChI=1S/C21H25N3O5/c1-27-18-13-17(29-22-18)7-8-19(25)23-11-9-21(10-12-23)15-24(20(26)14-28-21)16-5-3-2-4-6-16/h2-6,13H,7-12,14-15H2,1H3. The van der Waals surface area contributed by atoms with Gasteiger partial charge in [0.25, 0.3) is 11.8 Å². The maximum atomic E-state index is 12.6.